The third-order valence-corrected chi connectivity index (χ3v) is 7.65. The summed E-state index contributed by atoms with van der Waals surface area (Å²) in [5.74, 6) is -0.986. The van der Waals surface area contributed by atoms with E-state index in [-0.39, 0.29) is 24.1 Å². The SMILES string of the molecule is Cc1cc(CC(=O)NCc2ccc3c(c2)CN(C2CCC(=O)NC2=O)C3=O)ccc1CCN1CCOCC1. The molecule has 1 atom stereocenters. The molecule has 3 aliphatic heterocycles. The lowest BCUT2D eigenvalue weighted by molar-refractivity contribution is -0.137. The maximum atomic E-state index is 12.9. The molecule has 0 radical (unpaired) electrons. The summed E-state index contributed by atoms with van der Waals surface area (Å²) >= 11 is 0. The van der Waals surface area contributed by atoms with Crippen molar-refractivity contribution in [1.82, 2.24) is 20.4 Å². The first kappa shape index (κ1) is 26.1. The fourth-order valence-corrected chi connectivity index (χ4v) is 5.44. The smallest absolute Gasteiger partial charge is 0.255 e. The van der Waals surface area contributed by atoms with Crippen LogP contribution in [-0.4, -0.2) is 72.3 Å². The number of hydrogen-bond acceptors (Lipinski definition) is 6. The Morgan fingerprint density at radius 1 is 1.08 bits per heavy atom. The minimum atomic E-state index is -0.634. The molecule has 5 rings (SSSR count). The minimum absolute atomic E-state index is 0.0628. The molecule has 38 heavy (non-hydrogen) atoms. The third kappa shape index (κ3) is 5.95. The van der Waals surface area contributed by atoms with E-state index in [0.29, 0.717) is 31.5 Å². The second kappa shape index (κ2) is 11.4. The van der Waals surface area contributed by atoms with Gasteiger partial charge in [0.25, 0.3) is 5.91 Å². The maximum absolute atomic E-state index is 12.9. The molecule has 0 aliphatic carbocycles. The second-order valence-corrected chi connectivity index (χ2v) is 10.3. The van der Waals surface area contributed by atoms with E-state index >= 15 is 0 Å². The van der Waals surface area contributed by atoms with E-state index in [1.165, 1.54) is 16.0 Å². The van der Waals surface area contributed by atoms with Gasteiger partial charge in [-0.2, -0.15) is 0 Å². The zero-order valence-corrected chi connectivity index (χ0v) is 21.8. The number of nitrogens with one attached hydrogen (secondary N) is 2. The normalized spacial score (nSPS) is 19.9. The average Bonchev–Trinajstić information content (AvgIpc) is 3.23. The predicted octanol–water partition coefficient (Wildman–Crippen LogP) is 1.49. The number of rotatable bonds is 8. The summed E-state index contributed by atoms with van der Waals surface area (Å²) in [6, 6.07) is 11.1. The average molecular weight is 519 g/mol. The number of hydrogen-bond donors (Lipinski definition) is 2. The summed E-state index contributed by atoms with van der Waals surface area (Å²) in [4.78, 5) is 53.2. The van der Waals surface area contributed by atoms with Gasteiger partial charge >= 0.3 is 0 Å². The Hall–Kier alpha value is -3.56. The molecule has 0 spiro atoms. The Balaban J connectivity index is 1.12. The maximum Gasteiger partial charge on any atom is 0.255 e. The highest BCUT2D eigenvalue weighted by atomic mass is 16.5. The van der Waals surface area contributed by atoms with Crippen molar-refractivity contribution in [3.05, 3.63) is 69.8 Å². The monoisotopic (exact) mass is 518 g/mol. The molecule has 0 saturated carbocycles. The van der Waals surface area contributed by atoms with Crippen LogP contribution in [0.25, 0.3) is 0 Å². The molecule has 2 fully saturated rings. The summed E-state index contributed by atoms with van der Waals surface area (Å²) in [7, 11) is 0. The summed E-state index contributed by atoms with van der Waals surface area (Å²) in [5.41, 5.74) is 5.77. The molecule has 3 heterocycles. The van der Waals surface area contributed by atoms with E-state index in [2.05, 4.69) is 34.6 Å². The van der Waals surface area contributed by atoms with Crippen molar-refractivity contribution in [2.24, 2.45) is 0 Å². The molecule has 0 bridgehead atoms. The summed E-state index contributed by atoms with van der Waals surface area (Å²) < 4.78 is 5.42. The Kier molecular flexibility index (Phi) is 7.85. The Bertz CT molecular complexity index is 1250. The number of carbonyl (C=O) groups excluding carboxylic acids is 4. The molecule has 200 valence electrons. The molecule has 2 N–H and O–H groups in total. The number of benzene rings is 2. The molecular formula is C29H34N4O5. The quantitative estimate of drug-likeness (QED) is 0.513. The number of aryl methyl sites for hydroxylation is 1. The van der Waals surface area contributed by atoms with Crippen molar-refractivity contribution < 1.29 is 23.9 Å². The van der Waals surface area contributed by atoms with E-state index in [1.807, 2.05) is 18.2 Å². The highest BCUT2D eigenvalue weighted by Gasteiger charge is 2.39. The Morgan fingerprint density at radius 3 is 2.63 bits per heavy atom. The standard InChI is InChI=1S/C29H34N4O5/c1-19-14-20(2-4-22(19)8-9-32-10-12-38-13-11-32)16-27(35)30-17-21-3-5-24-23(15-21)18-33(29(24)37)25-6-7-26(34)31-28(25)36/h2-5,14-15,25H,6-13,16-18H2,1H3,(H,30,35)(H,31,34,36). The highest BCUT2D eigenvalue weighted by Crippen LogP contribution is 2.28. The van der Waals surface area contributed by atoms with Crippen molar-refractivity contribution >= 4 is 23.6 Å². The largest absolute Gasteiger partial charge is 0.379 e. The van der Waals surface area contributed by atoms with Crippen LogP contribution in [-0.2, 0) is 45.1 Å². The molecule has 2 saturated heterocycles. The Morgan fingerprint density at radius 2 is 1.87 bits per heavy atom. The molecular weight excluding hydrogens is 484 g/mol. The van der Waals surface area contributed by atoms with Gasteiger partial charge in [0.1, 0.15) is 6.04 Å². The van der Waals surface area contributed by atoms with Gasteiger partial charge < -0.3 is 15.0 Å². The van der Waals surface area contributed by atoms with Gasteiger partial charge in [-0.05, 0) is 53.6 Å². The number of amides is 4. The number of piperidine rings is 1. The van der Waals surface area contributed by atoms with Crippen molar-refractivity contribution in [2.45, 2.75) is 51.7 Å². The fourth-order valence-electron chi connectivity index (χ4n) is 5.44. The molecule has 9 heteroatoms. The van der Waals surface area contributed by atoms with Gasteiger partial charge in [-0.3, -0.25) is 29.4 Å². The van der Waals surface area contributed by atoms with Gasteiger partial charge in [0.15, 0.2) is 0 Å². The molecule has 3 aliphatic rings. The lowest BCUT2D eigenvalue weighted by Gasteiger charge is -2.29. The van der Waals surface area contributed by atoms with Crippen LogP contribution in [0.15, 0.2) is 36.4 Å². The molecule has 0 aromatic heterocycles. The number of imide groups is 1. The van der Waals surface area contributed by atoms with E-state index < -0.39 is 11.9 Å². The van der Waals surface area contributed by atoms with Crippen LogP contribution in [0.3, 0.4) is 0 Å². The van der Waals surface area contributed by atoms with Crippen LogP contribution in [0, 0.1) is 6.92 Å². The van der Waals surface area contributed by atoms with E-state index in [1.54, 1.807) is 6.07 Å². The van der Waals surface area contributed by atoms with Gasteiger partial charge in [0, 0.05) is 44.7 Å². The fraction of sp³-hybridized carbons (Fsp3) is 0.448. The van der Waals surface area contributed by atoms with Crippen LogP contribution in [0.4, 0.5) is 0 Å². The van der Waals surface area contributed by atoms with Gasteiger partial charge in [0.05, 0.1) is 19.6 Å². The first-order valence-corrected chi connectivity index (χ1v) is 13.3. The van der Waals surface area contributed by atoms with Crippen LogP contribution in [0.1, 0.15) is 51.0 Å². The van der Waals surface area contributed by atoms with Gasteiger partial charge in [-0.15, -0.1) is 0 Å². The van der Waals surface area contributed by atoms with Crippen LogP contribution >= 0.6 is 0 Å². The topological polar surface area (TPSA) is 108 Å². The van der Waals surface area contributed by atoms with Crippen molar-refractivity contribution in [3.8, 4) is 0 Å². The van der Waals surface area contributed by atoms with Crippen LogP contribution in [0.5, 0.6) is 0 Å². The van der Waals surface area contributed by atoms with Crippen molar-refractivity contribution in [3.63, 3.8) is 0 Å². The van der Waals surface area contributed by atoms with Crippen LogP contribution in [0.2, 0.25) is 0 Å². The van der Waals surface area contributed by atoms with E-state index in [0.717, 1.165) is 56.0 Å². The number of nitrogens with zero attached hydrogens (tertiary/aromatic N) is 2. The number of morpholine rings is 1. The van der Waals surface area contributed by atoms with Crippen LogP contribution < -0.4 is 10.6 Å². The molecule has 9 nitrogen and oxygen atoms in total. The van der Waals surface area contributed by atoms with Gasteiger partial charge in [-0.1, -0.05) is 30.3 Å². The molecule has 2 aromatic rings. The molecule has 2 aromatic carbocycles. The number of ether oxygens (including phenoxy) is 1. The summed E-state index contributed by atoms with van der Waals surface area (Å²) in [6.45, 7) is 7.36. The zero-order chi connectivity index (χ0) is 26.6. The van der Waals surface area contributed by atoms with Gasteiger partial charge in [0.2, 0.25) is 17.7 Å². The number of carbonyl (C=O) groups is 4. The van der Waals surface area contributed by atoms with Crippen molar-refractivity contribution in [2.75, 3.05) is 32.8 Å². The summed E-state index contributed by atoms with van der Waals surface area (Å²) in [6.07, 6.45) is 1.85. The Labute approximate surface area is 222 Å². The second-order valence-electron chi connectivity index (χ2n) is 10.3. The molecule has 1 unspecified atom stereocenters. The first-order chi connectivity index (χ1) is 18.4. The third-order valence-electron chi connectivity index (χ3n) is 7.65. The zero-order valence-electron chi connectivity index (χ0n) is 21.8. The lowest BCUT2D eigenvalue weighted by atomic mass is 10.0. The minimum Gasteiger partial charge on any atom is -0.379 e. The predicted molar refractivity (Wildman–Crippen MR) is 140 cm³/mol. The van der Waals surface area contributed by atoms with Crippen molar-refractivity contribution in [1.29, 1.82) is 0 Å². The first-order valence-electron chi connectivity index (χ1n) is 13.3. The number of fused-ring (bicyclic) bond motifs is 1. The van der Waals surface area contributed by atoms with E-state index in [9.17, 15) is 19.2 Å². The highest BCUT2D eigenvalue weighted by molar-refractivity contribution is 6.05. The van der Waals surface area contributed by atoms with E-state index in [4.69, 9.17) is 4.74 Å². The van der Waals surface area contributed by atoms with Gasteiger partial charge in [-0.25, -0.2) is 0 Å². The molecule has 4 amide bonds. The lowest BCUT2D eigenvalue weighted by Crippen LogP contribution is -2.52. The summed E-state index contributed by atoms with van der Waals surface area (Å²) in [5, 5.41) is 5.30.